The zero-order valence-corrected chi connectivity index (χ0v) is 12.3. The van der Waals surface area contributed by atoms with Crippen molar-refractivity contribution in [1.82, 2.24) is 0 Å². The molecular formula is C17H23N. The van der Waals surface area contributed by atoms with Gasteiger partial charge in [0.2, 0.25) is 0 Å². The van der Waals surface area contributed by atoms with Crippen molar-refractivity contribution in [2.45, 2.75) is 47.0 Å². The summed E-state index contributed by atoms with van der Waals surface area (Å²) in [5.41, 5.74) is 4.40. The van der Waals surface area contributed by atoms with Crippen molar-refractivity contribution in [3.63, 3.8) is 0 Å². The molecule has 96 valence electrons. The van der Waals surface area contributed by atoms with Crippen LogP contribution in [0.5, 0.6) is 0 Å². The van der Waals surface area contributed by atoms with Crippen molar-refractivity contribution in [2.24, 2.45) is 5.92 Å². The van der Waals surface area contributed by atoms with Crippen molar-refractivity contribution in [2.75, 3.05) is 0 Å². The van der Waals surface area contributed by atoms with Crippen molar-refractivity contribution < 1.29 is 0 Å². The minimum Gasteiger partial charge on any atom is -0.192 e. The zero-order chi connectivity index (χ0) is 13.9. The smallest absolute Gasteiger partial charge is 0.0994 e. The molecular weight excluding hydrogens is 218 g/mol. The van der Waals surface area contributed by atoms with Gasteiger partial charge in [-0.15, -0.1) is 0 Å². The lowest BCUT2D eigenvalue weighted by Crippen LogP contribution is -2.11. The van der Waals surface area contributed by atoms with E-state index < -0.39 is 0 Å². The topological polar surface area (TPSA) is 23.8 Å². The molecule has 1 rings (SSSR count). The van der Waals surface area contributed by atoms with E-state index in [2.05, 4.69) is 65.8 Å². The molecule has 0 unspecified atom stereocenters. The summed E-state index contributed by atoms with van der Waals surface area (Å²) >= 11 is 0. The van der Waals surface area contributed by atoms with Gasteiger partial charge < -0.3 is 0 Å². The van der Waals surface area contributed by atoms with Crippen molar-refractivity contribution in [3.05, 3.63) is 41.0 Å². The molecule has 0 aliphatic carbocycles. The van der Waals surface area contributed by atoms with Gasteiger partial charge in [-0.3, -0.25) is 0 Å². The molecule has 18 heavy (non-hydrogen) atoms. The molecule has 0 aliphatic heterocycles. The van der Waals surface area contributed by atoms with Gasteiger partial charge in [0.05, 0.1) is 11.6 Å². The second kappa shape index (κ2) is 5.40. The number of hydrogen-bond donors (Lipinski definition) is 0. The monoisotopic (exact) mass is 241 g/mol. The quantitative estimate of drug-likeness (QED) is 0.679. The molecule has 0 saturated heterocycles. The molecule has 0 atom stereocenters. The number of allylic oxidation sites excluding steroid dienone is 2. The first kappa shape index (κ1) is 14.5. The van der Waals surface area contributed by atoms with Gasteiger partial charge in [0.25, 0.3) is 0 Å². The van der Waals surface area contributed by atoms with Crippen LogP contribution in [0, 0.1) is 24.2 Å². The Morgan fingerprint density at radius 1 is 1.28 bits per heavy atom. The molecule has 0 aliphatic rings. The number of nitrogens with zero attached hydrogens (tertiary/aromatic N) is 1. The highest BCUT2D eigenvalue weighted by molar-refractivity contribution is 5.79. The Morgan fingerprint density at radius 3 is 2.33 bits per heavy atom. The Balaban J connectivity index is 3.36. The number of hydrogen-bond acceptors (Lipinski definition) is 1. The van der Waals surface area contributed by atoms with Gasteiger partial charge in [-0.2, -0.15) is 5.26 Å². The third-order valence-corrected chi connectivity index (χ3v) is 3.01. The second-order valence-corrected chi connectivity index (χ2v) is 6.22. The van der Waals surface area contributed by atoms with E-state index in [0.717, 1.165) is 16.7 Å². The molecule has 0 aromatic heterocycles. The van der Waals surface area contributed by atoms with E-state index in [1.54, 1.807) is 0 Å². The second-order valence-electron chi connectivity index (χ2n) is 6.22. The van der Waals surface area contributed by atoms with Gasteiger partial charge in [-0.1, -0.05) is 52.8 Å². The average molecular weight is 241 g/mol. The Morgan fingerprint density at radius 2 is 1.89 bits per heavy atom. The molecule has 0 saturated carbocycles. The molecule has 0 N–H and O–H groups in total. The van der Waals surface area contributed by atoms with Crippen LogP contribution in [0.25, 0.3) is 5.57 Å². The maximum absolute atomic E-state index is 9.33. The summed E-state index contributed by atoms with van der Waals surface area (Å²) in [6, 6.07) is 8.76. The number of aryl methyl sites for hydroxylation is 1. The summed E-state index contributed by atoms with van der Waals surface area (Å²) in [4.78, 5) is 0. The Hall–Kier alpha value is -1.55. The third kappa shape index (κ3) is 3.47. The van der Waals surface area contributed by atoms with Crippen LogP contribution in [0.2, 0.25) is 0 Å². The van der Waals surface area contributed by atoms with Gasteiger partial charge in [0, 0.05) is 0 Å². The van der Waals surface area contributed by atoms with Crippen LogP contribution in [0.15, 0.2) is 24.3 Å². The molecule has 1 nitrogen and oxygen atoms in total. The first-order valence-corrected chi connectivity index (χ1v) is 6.49. The summed E-state index contributed by atoms with van der Waals surface area (Å²) in [5.74, 6) is 0.386. The summed E-state index contributed by atoms with van der Waals surface area (Å²) in [7, 11) is 0. The fraction of sp³-hybridized carbons (Fsp3) is 0.471. The van der Waals surface area contributed by atoms with Crippen LogP contribution in [0.4, 0.5) is 0 Å². The number of benzene rings is 1. The highest BCUT2D eigenvalue weighted by Gasteiger charge is 2.16. The molecule has 0 bridgehead atoms. The first-order valence-electron chi connectivity index (χ1n) is 6.49. The molecule has 1 heteroatoms. The SMILES string of the molecule is Cc1ccc(C(C)(C)C)cc1/C(C#N)=C/C(C)C. The predicted octanol–water partition coefficient (Wildman–Crippen LogP) is 4.86. The average Bonchev–Trinajstić information content (AvgIpc) is 2.25. The highest BCUT2D eigenvalue weighted by atomic mass is 14.3. The van der Waals surface area contributed by atoms with E-state index >= 15 is 0 Å². The van der Waals surface area contributed by atoms with Crippen molar-refractivity contribution in [1.29, 1.82) is 5.26 Å². The zero-order valence-electron chi connectivity index (χ0n) is 12.3. The van der Waals surface area contributed by atoms with E-state index in [4.69, 9.17) is 0 Å². The first-order chi connectivity index (χ1) is 8.25. The van der Waals surface area contributed by atoms with E-state index in [9.17, 15) is 5.26 Å². The summed E-state index contributed by atoms with van der Waals surface area (Å²) < 4.78 is 0. The minimum absolute atomic E-state index is 0.112. The Bertz CT molecular complexity index is 493. The summed E-state index contributed by atoms with van der Waals surface area (Å²) in [6.07, 6.45) is 2.04. The van der Waals surface area contributed by atoms with Gasteiger partial charge in [0.1, 0.15) is 0 Å². The van der Waals surface area contributed by atoms with Crippen LogP contribution in [0.1, 0.15) is 51.3 Å². The standard InChI is InChI=1S/C17H23N/c1-12(2)9-14(11-18)16-10-15(17(4,5)6)8-7-13(16)3/h7-10,12H,1-6H3/b14-9+. The Labute approximate surface area is 111 Å². The molecule has 0 radical (unpaired) electrons. The lowest BCUT2D eigenvalue weighted by Gasteiger charge is -2.20. The largest absolute Gasteiger partial charge is 0.192 e. The van der Waals surface area contributed by atoms with E-state index in [1.165, 1.54) is 5.56 Å². The lowest BCUT2D eigenvalue weighted by atomic mass is 9.84. The lowest BCUT2D eigenvalue weighted by molar-refractivity contribution is 0.590. The predicted molar refractivity (Wildman–Crippen MR) is 78.3 cm³/mol. The Kier molecular flexibility index (Phi) is 4.35. The summed E-state index contributed by atoms with van der Waals surface area (Å²) in [5, 5.41) is 9.33. The molecule has 1 aromatic rings. The number of nitriles is 1. The minimum atomic E-state index is 0.112. The molecule has 0 amide bonds. The van der Waals surface area contributed by atoms with E-state index in [0.29, 0.717) is 5.92 Å². The maximum atomic E-state index is 9.33. The van der Waals surface area contributed by atoms with E-state index in [-0.39, 0.29) is 5.41 Å². The van der Waals surface area contributed by atoms with Gasteiger partial charge >= 0.3 is 0 Å². The molecule has 0 spiro atoms. The van der Waals surface area contributed by atoms with Crippen LogP contribution >= 0.6 is 0 Å². The molecule has 1 aromatic carbocycles. The van der Waals surface area contributed by atoms with Gasteiger partial charge in [-0.05, 0) is 41.0 Å². The normalized spacial score (nSPS) is 12.7. The van der Waals surface area contributed by atoms with Crippen LogP contribution in [-0.4, -0.2) is 0 Å². The van der Waals surface area contributed by atoms with Crippen LogP contribution in [-0.2, 0) is 5.41 Å². The fourth-order valence-electron chi connectivity index (χ4n) is 1.90. The van der Waals surface area contributed by atoms with Crippen molar-refractivity contribution in [3.8, 4) is 6.07 Å². The number of rotatable bonds is 2. The summed E-state index contributed by atoms with van der Waals surface area (Å²) in [6.45, 7) is 12.8. The maximum Gasteiger partial charge on any atom is 0.0994 e. The van der Waals surface area contributed by atoms with Crippen molar-refractivity contribution >= 4 is 5.57 Å². The highest BCUT2D eigenvalue weighted by Crippen LogP contribution is 2.28. The third-order valence-electron chi connectivity index (χ3n) is 3.01. The molecule has 0 fully saturated rings. The fourth-order valence-corrected chi connectivity index (χ4v) is 1.90. The van der Waals surface area contributed by atoms with Crippen LogP contribution in [0.3, 0.4) is 0 Å². The van der Waals surface area contributed by atoms with E-state index in [1.807, 2.05) is 6.08 Å². The van der Waals surface area contributed by atoms with Gasteiger partial charge in [0.15, 0.2) is 0 Å². The molecule has 0 heterocycles. The van der Waals surface area contributed by atoms with Crippen LogP contribution < -0.4 is 0 Å². The van der Waals surface area contributed by atoms with Gasteiger partial charge in [-0.25, -0.2) is 0 Å².